The van der Waals surface area contributed by atoms with E-state index in [2.05, 4.69) is 17.1 Å². The number of carbonyl (C=O) groups is 1. The third kappa shape index (κ3) is 4.07. The number of amides is 1. The molecule has 0 aliphatic carbocycles. The van der Waals surface area contributed by atoms with Crippen LogP contribution in [-0.4, -0.2) is 43.0 Å². The Bertz CT molecular complexity index is 184. The Morgan fingerprint density at radius 3 is 3.00 bits per heavy atom. The molecule has 1 aliphatic heterocycles. The largest absolute Gasteiger partial charge is 0.355 e. The van der Waals surface area contributed by atoms with Crippen molar-refractivity contribution in [2.24, 2.45) is 5.73 Å². The van der Waals surface area contributed by atoms with Gasteiger partial charge in [0.15, 0.2) is 0 Å². The minimum absolute atomic E-state index is 0.132. The monoisotopic (exact) mass is 199 g/mol. The standard InChI is InChI=1S/C10H21N3O/c1-2-3-5-12-10(14)8-13-6-4-9(11)7-13/h9H,2-8,11H2,1H3,(H,12,14)/t9-/m1/s1. The summed E-state index contributed by atoms with van der Waals surface area (Å²) in [7, 11) is 0. The zero-order valence-corrected chi connectivity index (χ0v) is 8.96. The Hall–Kier alpha value is -0.610. The van der Waals surface area contributed by atoms with Crippen LogP contribution in [0, 0.1) is 0 Å². The average Bonchev–Trinajstić information content (AvgIpc) is 2.52. The lowest BCUT2D eigenvalue weighted by Gasteiger charge is -2.14. The van der Waals surface area contributed by atoms with E-state index in [-0.39, 0.29) is 11.9 Å². The van der Waals surface area contributed by atoms with Crippen LogP contribution in [0.1, 0.15) is 26.2 Å². The van der Waals surface area contributed by atoms with Crippen molar-refractivity contribution >= 4 is 5.91 Å². The molecule has 0 saturated carbocycles. The molecule has 1 aliphatic rings. The van der Waals surface area contributed by atoms with E-state index in [0.717, 1.165) is 38.9 Å². The predicted molar refractivity (Wildman–Crippen MR) is 57.0 cm³/mol. The van der Waals surface area contributed by atoms with Crippen LogP contribution < -0.4 is 11.1 Å². The quantitative estimate of drug-likeness (QED) is 0.610. The Morgan fingerprint density at radius 1 is 1.64 bits per heavy atom. The Kier molecular flexibility index (Phi) is 4.90. The summed E-state index contributed by atoms with van der Waals surface area (Å²) in [5, 5.41) is 2.90. The van der Waals surface area contributed by atoms with Crippen LogP contribution in [0.3, 0.4) is 0 Å². The van der Waals surface area contributed by atoms with Crippen molar-refractivity contribution in [3.63, 3.8) is 0 Å². The summed E-state index contributed by atoms with van der Waals surface area (Å²) in [6.45, 7) is 5.25. The first-order chi connectivity index (χ1) is 6.72. The number of hydrogen-bond donors (Lipinski definition) is 2. The van der Waals surface area contributed by atoms with E-state index in [1.165, 1.54) is 0 Å². The molecule has 0 spiro atoms. The molecule has 1 saturated heterocycles. The number of nitrogens with one attached hydrogen (secondary N) is 1. The Balaban J connectivity index is 2.08. The lowest BCUT2D eigenvalue weighted by atomic mass is 10.3. The molecule has 0 aromatic rings. The number of nitrogens with two attached hydrogens (primary N) is 1. The Morgan fingerprint density at radius 2 is 2.43 bits per heavy atom. The van der Waals surface area contributed by atoms with Crippen LogP contribution in [-0.2, 0) is 4.79 Å². The van der Waals surface area contributed by atoms with E-state index in [0.29, 0.717) is 6.54 Å². The maximum absolute atomic E-state index is 11.4. The second kappa shape index (κ2) is 5.98. The van der Waals surface area contributed by atoms with Crippen LogP contribution >= 0.6 is 0 Å². The van der Waals surface area contributed by atoms with Crippen molar-refractivity contribution in [2.75, 3.05) is 26.2 Å². The van der Waals surface area contributed by atoms with Gasteiger partial charge in [0.2, 0.25) is 5.91 Å². The molecule has 1 fully saturated rings. The highest BCUT2D eigenvalue weighted by Crippen LogP contribution is 2.05. The SMILES string of the molecule is CCCCNC(=O)CN1CC[C@@H](N)C1. The maximum atomic E-state index is 11.4. The van der Waals surface area contributed by atoms with Crippen molar-refractivity contribution in [1.82, 2.24) is 10.2 Å². The second-order valence-electron chi connectivity index (χ2n) is 3.99. The van der Waals surface area contributed by atoms with Crippen LogP contribution in [0.5, 0.6) is 0 Å². The molecule has 0 aromatic heterocycles. The van der Waals surface area contributed by atoms with Crippen molar-refractivity contribution in [3.8, 4) is 0 Å². The molecule has 1 atom stereocenters. The van der Waals surface area contributed by atoms with Gasteiger partial charge in [-0.2, -0.15) is 0 Å². The highest BCUT2D eigenvalue weighted by Gasteiger charge is 2.20. The minimum atomic E-state index is 0.132. The summed E-state index contributed by atoms with van der Waals surface area (Å²) in [5.41, 5.74) is 5.75. The molecule has 1 amide bonds. The van der Waals surface area contributed by atoms with Crippen LogP contribution in [0.15, 0.2) is 0 Å². The topological polar surface area (TPSA) is 58.4 Å². The molecule has 0 radical (unpaired) electrons. The number of likely N-dealkylation sites (tertiary alicyclic amines) is 1. The summed E-state index contributed by atoms with van der Waals surface area (Å²) < 4.78 is 0. The second-order valence-corrected chi connectivity index (χ2v) is 3.99. The van der Waals surface area contributed by atoms with Gasteiger partial charge in [0, 0.05) is 25.7 Å². The van der Waals surface area contributed by atoms with Gasteiger partial charge in [0.05, 0.1) is 6.54 Å². The molecule has 1 rings (SSSR count). The molecule has 4 nitrogen and oxygen atoms in total. The molecular weight excluding hydrogens is 178 g/mol. The van der Waals surface area contributed by atoms with E-state index in [1.807, 2.05) is 0 Å². The smallest absolute Gasteiger partial charge is 0.234 e. The fourth-order valence-corrected chi connectivity index (χ4v) is 1.67. The van der Waals surface area contributed by atoms with E-state index >= 15 is 0 Å². The number of carbonyl (C=O) groups excluding carboxylic acids is 1. The Labute approximate surface area is 85.8 Å². The fraction of sp³-hybridized carbons (Fsp3) is 0.900. The predicted octanol–water partition coefficient (Wildman–Crippen LogP) is -0.0643. The number of nitrogens with zero attached hydrogens (tertiary/aromatic N) is 1. The van der Waals surface area contributed by atoms with Gasteiger partial charge < -0.3 is 11.1 Å². The van der Waals surface area contributed by atoms with Gasteiger partial charge in [-0.05, 0) is 12.8 Å². The van der Waals surface area contributed by atoms with E-state index in [1.54, 1.807) is 0 Å². The van der Waals surface area contributed by atoms with Crippen molar-refractivity contribution in [3.05, 3.63) is 0 Å². The van der Waals surface area contributed by atoms with Crippen molar-refractivity contribution < 1.29 is 4.79 Å². The summed E-state index contributed by atoms with van der Waals surface area (Å²) in [4.78, 5) is 13.5. The first kappa shape index (κ1) is 11.5. The molecular formula is C10H21N3O. The summed E-state index contributed by atoms with van der Waals surface area (Å²) in [6, 6.07) is 0.262. The molecule has 0 bridgehead atoms. The minimum Gasteiger partial charge on any atom is -0.355 e. The lowest BCUT2D eigenvalue weighted by molar-refractivity contribution is -0.122. The maximum Gasteiger partial charge on any atom is 0.234 e. The van der Waals surface area contributed by atoms with Crippen molar-refractivity contribution in [1.29, 1.82) is 0 Å². The van der Waals surface area contributed by atoms with Gasteiger partial charge >= 0.3 is 0 Å². The third-order valence-corrected chi connectivity index (χ3v) is 2.53. The summed E-state index contributed by atoms with van der Waals surface area (Å²) in [6.07, 6.45) is 3.20. The van der Waals surface area contributed by atoms with Gasteiger partial charge in [0.25, 0.3) is 0 Å². The van der Waals surface area contributed by atoms with Gasteiger partial charge in [-0.1, -0.05) is 13.3 Å². The lowest BCUT2D eigenvalue weighted by Crippen LogP contribution is -2.37. The highest BCUT2D eigenvalue weighted by atomic mass is 16.2. The number of unbranched alkanes of at least 4 members (excludes halogenated alkanes) is 1. The molecule has 1 heterocycles. The van der Waals surface area contributed by atoms with Crippen LogP contribution in [0.4, 0.5) is 0 Å². The molecule has 0 aromatic carbocycles. The molecule has 14 heavy (non-hydrogen) atoms. The molecule has 82 valence electrons. The normalized spacial score (nSPS) is 22.6. The van der Waals surface area contributed by atoms with Gasteiger partial charge in [0.1, 0.15) is 0 Å². The zero-order valence-electron chi connectivity index (χ0n) is 8.96. The average molecular weight is 199 g/mol. The third-order valence-electron chi connectivity index (χ3n) is 2.53. The molecule has 3 N–H and O–H groups in total. The molecule has 4 heteroatoms. The summed E-state index contributed by atoms with van der Waals surface area (Å²) in [5.74, 6) is 0.132. The van der Waals surface area contributed by atoms with Gasteiger partial charge in [-0.3, -0.25) is 9.69 Å². The summed E-state index contributed by atoms with van der Waals surface area (Å²) >= 11 is 0. The number of hydrogen-bond acceptors (Lipinski definition) is 3. The van der Waals surface area contributed by atoms with E-state index < -0.39 is 0 Å². The van der Waals surface area contributed by atoms with Crippen LogP contribution in [0.25, 0.3) is 0 Å². The van der Waals surface area contributed by atoms with Crippen molar-refractivity contribution in [2.45, 2.75) is 32.2 Å². The van der Waals surface area contributed by atoms with E-state index in [9.17, 15) is 4.79 Å². The first-order valence-corrected chi connectivity index (χ1v) is 5.47. The van der Waals surface area contributed by atoms with Gasteiger partial charge in [-0.25, -0.2) is 0 Å². The number of rotatable bonds is 5. The fourth-order valence-electron chi connectivity index (χ4n) is 1.67. The zero-order chi connectivity index (χ0) is 10.4. The van der Waals surface area contributed by atoms with Crippen LogP contribution in [0.2, 0.25) is 0 Å². The van der Waals surface area contributed by atoms with E-state index in [4.69, 9.17) is 5.73 Å². The molecule has 0 unspecified atom stereocenters. The van der Waals surface area contributed by atoms with Gasteiger partial charge in [-0.15, -0.1) is 0 Å². The highest BCUT2D eigenvalue weighted by molar-refractivity contribution is 5.78. The first-order valence-electron chi connectivity index (χ1n) is 5.47.